The smallest absolute Gasteiger partial charge is 0.251 e. The fraction of sp³-hybridized carbons (Fsp3) is 0.410. The standard InChI is InChI=1S/C39H46BN4O4/c1-2-48-30-14-12-27(13-15-30)22-33(43-35(45)28-8-4-3-5-9-28)37(47)44-34(23-29-24-40-32-11-7-6-10-31(29)32)36(46)42-26-39-19-16-38(25-41,17-20-39)18-21-39/h3-15,24,33-34H,2,16-23,25-26,41H2,1H3,(H,42,46)(H,43,45)(H,44,47). The van der Waals surface area contributed by atoms with Gasteiger partial charge >= 0.3 is 0 Å². The summed E-state index contributed by atoms with van der Waals surface area (Å²) in [5.74, 6) is 1.79. The molecule has 0 aromatic heterocycles. The summed E-state index contributed by atoms with van der Waals surface area (Å²) < 4.78 is 5.59. The molecule has 5 N–H and O–H groups in total. The quantitative estimate of drug-likeness (QED) is 0.197. The van der Waals surface area contributed by atoms with Gasteiger partial charge in [0.1, 0.15) is 17.8 Å². The Balaban J connectivity index is 1.21. The van der Waals surface area contributed by atoms with Gasteiger partial charge in [-0.15, -0.1) is 5.98 Å². The highest BCUT2D eigenvalue weighted by molar-refractivity contribution is 6.63. The minimum atomic E-state index is -0.915. The van der Waals surface area contributed by atoms with Crippen LogP contribution in [0.4, 0.5) is 0 Å². The van der Waals surface area contributed by atoms with Crippen molar-refractivity contribution in [2.24, 2.45) is 16.6 Å². The Labute approximate surface area is 284 Å². The van der Waals surface area contributed by atoms with Crippen LogP contribution in [0, 0.1) is 10.8 Å². The van der Waals surface area contributed by atoms with Crippen molar-refractivity contribution in [2.75, 3.05) is 19.7 Å². The summed E-state index contributed by atoms with van der Waals surface area (Å²) in [4.78, 5) is 41.5. The van der Waals surface area contributed by atoms with E-state index in [1.165, 1.54) is 0 Å². The molecule has 3 aromatic carbocycles. The van der Waals surface area contributed by atoms with Gasteiger partial charge in [-0.3, -0.25) is 14.4 Å². The predicted molar refractivity (Wildman–Crippen MR) is 190 cm³/mol. The van der Waals surface area contributed by atoms with Crippen molar-refractivity contribution in [3.63, 3.8) is 0 Å². The third kappa shape index (κ3) is 7.68. The summed E-state index contributed by atoms with van der Waals surface area (Å²) in [6.07, 6.45) is 7.07. The molecule has 249 valence electrons. The van der Waals surface area contributed by atoms with E-state index in [-0.39, 0.29) is 29.1 Å². The molecule has 4 aliphatic rings. The molecule has 0 spiro atoms. The molecule has 3 aliphatic carbocycles. The predicted octanol–water partition coefficient (Wildman–Crippen LogP) is 4.10. The number of hydrogen-bond acceptors (Lipinski definition) is 5. The second-order valence-electron chi connectivity index (χ2n) is 13.8. The van der Waals surface area contributed by atoms with Crippen LogP contribution in [-0.4, -0.2) is 56.8 Å². The number of hydrogen-bond donors (Lipinski definition) is 4. The van der Waals surface area contributed by atoms with Gasteiger partial charge in [0.25, 0.3) is 5.91 Å². The number of ether oxygens (including phenoxy) is 1. The zero-order valence-electron chi connectivity index (χ0n) is 27.8. The maximum absolute atomic E-state index is 14.1. The van der Waals surface area contributed by atoms with Crippen molar-refractivity contribution in [3.05, 3.63) is 102 Å². The van der Waals surface area contributed by atoms with Gasteiger partial charge in [-0.2, -0.15) is 0 Å². The third-order valence-electron chi connectivity index (χ3n) is 10.8. The minimum absolute atomic E-state index is 0.0774. The first-order valence-electron chi connectivity index (χ1n) is 17.3. The maximum atomic E-state index is 14.1. The van der Waals surface area contributed by atoms with E-state index >= 15 is 0 Å². The Morgan fingerprint density at radius 1 is 0.792 bits per heavy atom. The van der Waals surface area contributed by atoms with Crippen LogP contribution in [0.1, 0.15) is 73.4 Å². The number of benzene rings is 3. The van der Waals surface area contributed by atoms with Gasteiger partial charge in [-0.05, 0) is 98.2 Å². The SMILES string of the molecule is CCOc1ccc(CC(NC(=O)c2ccccc2)C(=O)NC(CC2=C[B]c3ccccc32)C(=O)NCC23CCC(CN)(CC2)CC3)cc1. The van der Waals surface area contributed by atoms with Crippen molar-refractivity contribution in [1.29, 1.82) is 0 Å². The first kappa shape index (κ1) is 33.5. The molecule has 3 saturated carbocycles. The lowest BCUT2D eigenvalue weighted by Gasteiger charge is -2.53. The molecule has 2 atom stereocenters. The maximum Gasteiger partial charge on any atom is 0.251 e. The van der Waals surface area contributed by atoms with Crippen molar-refractivity contribution < 1.29 is 19.1 Å². The summed E-state index contributed by atoms with van der Waals surface area (Å²) in [5.41, 5.74) is 10.9. The largest absolute Gasteiger partial charge is 0.494 e. The zero-order valence-corrected chi connectivity index (χ0v) is 27.8. The van der Waals surface area contributed by atoms with Gasteiger partial charge in [-0.25, -0.2) is 0 Å². The molecule has 3 aromatic rings. The molecule has 9 heteroatoms. The topological polar surface area (TPSA) is 123 Å². The van der Waals surface area contributed by atoms with Gasteiger partial charge < -0.3 is 26.4 Å². The van der Waals surface area contributed by atoms with Crippen LogP contribution in [0.2, 0.25) is 0 Å². The lowest BCUT2D eigenvalue weighted by Crippen LogP contribution is -2.56. The van der Waals surface area contributed by atoms with Crippen LogP contribution < -0.4 is 31.9 Å². The Bertz CT molecular complexity index is 1620. The highest BCUT2D eigenvalue weighted by Crippen LogP contribution is 2.56. The first-order valence-corrected chi connectivity index (χ1v) is 17.3. The van der Waals surface area contributed by atoms with E-state index in [0.29, 0.717) is 25.1 Å². The molecule has 1 aliphatic heterocycles. The van der Waals surface area contributed by atoms with Crippen LogP contribution in [-0.2, 0) is 16.0 Å². The highest BCUT2D eigenvalue weighted by atomic mass is 16.5. The molecule has 2 unspecified atom stereocenters. The van der Waals surface area contributed by atoms with Crippen molar-refractivity contribution in [1.82, 2.24) is 16.0 Å². The molecule has 48 heavy (non-hydrogen) atoms. The Morgan fingerprint density at radius 3 is 2.12 bits per heavy atom. The second kappa shape index (κ2) is 14.8. The van der Waals surface area contributed by atoms with E-state index in [1.54, 1.807) is 24.3 Å². The molecule has 2 bridgehead atoms. The van der Waals surface area contributed by atoms with E-state index in [1.807, 2.05) is 74.8 Å². The molecule has 3 amide bonds. The molecular weight excluding hydrogens is 599 g/mol. The molecule has 1 heterocycles. The van der Waals surface area contributed by atoms with Gasteiger partial charge in [0, 0.05) is 24.9 Å². The third-order valence-corrected chi connectivity index (χ3v) is 10.8. The number of fused-ring (bicyclic) bond motifs is 4. The van der Waals surface area contributed by atoms with Gasteiger partial charge in [0.2, 0.25) is 11.8 Å². The van der Waals surface area contributed by atoms with E-state index in [9.17, 15) is 14.4 Å². The van der Waals surface area contributed by atoms with Crippen LogP contribution in [0.3, 0.4) is 0 Å². The minimum Gasteiger partial charge on any atom is -0.494 e. The van der Waals surface area contributed by atoms with Crippen LogP contribution in [0.5, 0.6) is 5.75 Å². The van der Waals surface area contributed by atoms with Crippen molar-refractivity contribution >= 4 is 36.0 Å². The Hall–Kier alpha value is -4.37. The highest BCUT2D eigenvalue weighted by Gasteiger charge is 2.48. The van der Waals surface area contributed by atoms with E-state index < -0.39 is 18.0 Å². The summed E-state index contributed by atoms with van der Waals surface area (Å²) in [6, 6.07) is 22.7. The number of amides is 3. The fourth-order valence-electron chi connectivity index (χ4n) is 7.57. The average Bonchev–Trinajstić information content (AvgIpc) is 3.54. The van der Waals surface area contributed by atoms with Gasteiger partial charge in [0.05, 0.1) is 6.61 Å². The molecule has 8 nitrogen and oxygen atoms in total. The van der Waals surface area contributed by atoms with Gasteiger partial charge in [0.15, 0.2) is 7.28 Å². The summed E-state index contributed by atoms with van der Waals surface area (Å²) in [6.45, 7) is 3.79. The Kier molecular flexibility index (Phi) is 10.3. The lowest BCUT2D eigenvalue weighted by atomic mass is 9.54. The first-order chi connectivity index (χ1) is 23.3. The lowest BCUT2D eigenvalue weighted by molar-refractivity contribution is -0.130. The zero-order chi connectivity index (χ0) is 33.6. The van der Waals surface area contributed by atoms with E-state index in [0.717, 1.165) is 73.0 Å². The van der Waals surface area contributed by atoms with Gasteiger partial charge in [-0.1, -0.05) is 65.6 Å². The number of carbonyl (C=O) groups excluding carboxylic acids is 3. The van der Waals surface area contributed by atoms with Crippen LogP contribution in [0.25, 0.3) is 5.57 Å². The number of rotatable bonds is 14. The number of carbonyl (C=O) groups is 3. The van der Waals surface area contributed by atoms with E-state index in [4.69, 9.17) is 10.5 Å². The van der Waals surface area contributed by atoms with Crippen LogP contribution >= 0.6 is 0 Å². The normalized spacial score (nSPS) is 22.0. The summed E-state index contributed by atoms with van der Waals surface area (Å²) >= 11 is 0. The number of nitrogens with two attached hydrogens (primary N) is 1. The van der Waals surface area contributed by atoms with Crippen LogP contribution in [0.15, 0.2) is 84.8 Å². The second-order valence-corrected chi connectivity index (χ2v) is 13.8. The Morgan fingerprint density at radius 2 is 1.44 bits per heavy atom. The van der Waals surface area contributed by atoms with Crippen molar-refractivity contribution in [3.8, 4) is 5.75 Å². The number of nitrogens with one attached hydrogen (secondary N) is 3. The fourth-order valence-corrected chi connectivity index (χ4v) is 7.57. The molecule has 0 saturated heterocycles. The molecular formula is C39H46BN4O4. The summed E-state index contributed by atoms with van der Waals surface area (Å²) in [7, 11) is 2.04. The summed E-state index contributed by atoms with van der Waals surface area (Å²) in [5, 5.41) is 9.26. The van der Waals surface area contributed by atoms with Crippen molar-refractivity contribution in [2.45, 2.75) is 70.4 Å². The average molecular weight is 646 g/mol. The molecule has 3 fully saturated rings. The molecule has 7 rings (SSSR count). The molecule has 1 radical (unpaired) electrons. The van der Waals surface area contributed by atoms with E-state index in [2.05, 4.69) is 16.0 Å². The monoisotopic (exact) mass is 645 g/mol.